The summed E-state index contributed by atoms with van der Waals surface area (Å²) in [5.74, 6) is 0.0224. The van der Waals surface area contributed by atoms with Gasteiger partial charge in [-0.05, 0) is 49.9 Å². The molecule has 4 nitrogen and oxygen atoms in total. The van der Waals surface area contributed by atoms with E-state index in [9.17, 15) is 14.3 Å². The molecule has 23 heavy (non-hydrogen) atoms. The van der Waals surface area contributed by atoms with E-state index in [4.69, 9.17) is 0 Å². The second-order valence-electron chi connectivity index (χ2n) is 6.76. The minimum absolute atomic E-state index is 0.0590. The van der Waals surface area contributed by atoms with E-state index in [1.54, 1.807) is 12.1 Å². The second-order valence-corrected chi connectivity index (χ2v) is 6.76. The van der Waals surface area contributed by atoms with Crippen molar-refractivity contribution in [1.82, 2.24) is 10.2 Å². The number of hydrogen-bond acceptors (Lipinski definition) is 3. The smallest absolute Gasteiger partial charge is 0.237 e. The number of hydrogen-bond donors (Lipinski definition) is 2. The first-order valence-corrected chi connectivity index (χ1v) is 8.58. The van der Waals surface area contributed by atoms with Gasteiger partial charge in [-0.1, -0.05) is 18.6 Å². The highest BCUT2D eigenvalue weighted by Crippen LogP contribution is 2.25. The van der Waals surface area contributed by atoms with Gasteiger partial charge in [-0.15, -0.1) is 0 Å². The van der Waals surface area contributed by atoms with Crippen molar-refractivity contribution in [3.63, 3.8) is 0 Å². The fraction of sp³-hybridized carbons (Fsp3) is 0.611. The fourth-order valence-corrected chi connectivity index (χ4v) is 3.74. The van der Waals surface area contributed by atoms with Gasteiger partial charge >= 0.3 is 0 Å². The minimum Gasteiger partial charge on any atom is -0.393 e. The number of nitrogens with zero attached hydrogens (tertiary/aromatic N) is 1. The Labute approximate surface area is 136 Å². The predicted molar refractivity (Wildman–Crippen MR) is 86.2 cm³/mol. The zero-order valence-corrected chi connectivity index (χ0v) is 13.4. The van der Waals surface area contributed by atoms with Crippen LogP contribution in [0.3, 0.4) is 0 Å². The number of aliphatic hydroxyl groups excluding tert-OH is 1. The lowest BCUT2D eigenvalue weighted by Gasteiger charge is -2.25. The van der Waals surface area contributed by atoms with Crippen LogP contribution in [-0.4, -0.2) is 41.1 Å². The molecule has 1 heterocycles. The molecule has 1 aliphatic carbocycles. The van der Waals surface area contributed by atoms with Crippen molar-refractivity contribution in [2.75, 3.05) is 13.1 Å². The van der Waals surface area contributed by atoms with E-state index in [2.05, 4.69) is 10.2 Å². The summed E-state index contributed by atoms with van der Waals surface area (Å²) in [6.07, 6.45) is 4.48. The van der Waals surface area contributed by atoms with E-state index in [1.807, 2.05) is 0 Å². The molecule has 2 fully saturated rings. The quantitative estimate of drug-likeness (QED) is 0.873. The van der Waals surface area contributed by atoms with Gasteiger partial charge in [0.15, 0.2) is 0 Å². The summed E-state index contributed by atoms with van der Waals surface area (Å²) in [6, 6.07) is 6.36. The molecule has 0 bridgehead atoms. The van der Waals surface area contributed by atoms with Crippen LogP contribution < -0.4 is 5.32 Å². The molecule has 1 aliphatic heterocycles. The Kier molecular flexibility index (Phi) is 5.28. The maximum atomic E-state index is 13.0. The van der Waals surface area contributed by atoms with Gasteiger partial charge < -0.3 is 10.4 Å². The maximum Gasteiger partial charge on any atom is 0.237 e. The van der Waals surface area contributed by atoms with Crippen molar-refractivity contribution in [3.05, 3.63) is 35.6 Å². The molecule has 0 spiro atoms. The van der Waals surface area contributed by atoms with Gasteiger partial charge in [0.1, 0.15) is 5.82 Å². The normalized spacial score (nSPS) is 28.2. The van der Waals surface area contributed by atoms with Gasteiger partial charge in [0.2, 0.25) is 5.91 Å². The van der Waals surface area contributed by atoms with Gasteiger partial charge in [0, 0.05) is 19.0 Å². The summed E-state index contributed by atoms with van der Waals surface area (Å²) < 4.78 is 13.0. The van der Waals surface area contributed by atoms with Crippen molar-refractivity contribution >= 4 is 5.91 Å². The summed E-state index contributed by atoms with van der Waals surface area (Å²) in [7, 11) is 0. The number of benzene rings is 1. The largest absolute Gasteiger partial charge is 0.393 e. The Hall–Kier alpha value is -1.46. The van der Waals surface area contributed by atoms with Crippen LogP contribution in [0.5, 0.6) is 0 Å². The number of amides is 1. The number of likely N-dealkylation sites (tertiary alicyclic amines) is 1. The van der Waals surface area contributed by atoms with Gasteiger partial charge in [0.05, 0.1) is 12.1 Å². The Bertz CT molecular complexity index is 534. The molecule has 2 N–H and O–H groups in total. The van der Waals surface area contributed by atoms with E-state index in [-0.39, 0.29) is 29.8 Å². The third-order valence-electron chi connectivity index (χ3n) is 5.12. The molecular formula is C18H25FN2O2. The molecule has 0 aromatic heterocycles. The molecule has 1 amide bonds. The topological polar surface area (TPSA) is 52.6 Å². The van der Waals surface area contributed by atoms with Crippen LogP contribution in [0.4, 0.5) is 4.39 Å². The molecule has 0 radical (unpaired) electrons. The highest BCUT2D eigenvalue weighted by Gasteiger charge is 2.32. The van der Waals surface area contributed by atoms with E-state index in [0.717, 1.165) is 44.2 Å². The summed E-state index contributed by atoms with van der Waals surface area (Å²) in [5, 5.41) is 12.9. The summed E-state index contributed by atoms with van der Waals surface area (Å²) >= 11 is 0. The standard InChI is InChI=1S/C18H25FN2O2/c19-15-8-6-13(7-9-15)12-21-10-2-4-16(21)18(23)20-11-14-3-1-5-17(14)22/h6-9,14,16-17,22H,1-5,10-12H2,(H,20,23). The van der Waals surface area contributed by atoms with Gasteiger partial charge in [0.25, 0.3) is 0 Å². The van der Waals surface area contributed by atoms with E-state index in [0.29, 0.717) is 13.1 Å². The Morgan fingerprint density at radius 1 is 1.22 bits per heavy atom. The Morgan fingerprint density at radius 2 is 2.00 bits per heavy atom. The molecule has 1 saturated carbocycles. The summed E-state index contributed by atoms with van der Waals surface area (Å²) in [4.78, 5) is 14.6. The number of halogens is 1. The zero-order chi connectivity index (χ0) is 16.2. The lowest BCUT2D eigenvalue weighted by atomic mass is 10.1. The monoisotopic (exact) mass is 320 g/mol. The molecule has 3 rings (SSSR count). The van der Waals surface area contributed by atoms with Crippen LogP contribution in [0.25, 0.3) is 0 Å². The third-order valence-corrected chi connectivity index (χ3v) is 5.12. The van der Waals surface area contributed by atoms with E-state index < -0.39 is 0 Å². The molecule has 3 unspecified atom stereocenters. The van der Waals surface area contributed by atoms with Crippen LogP contribution in [0.1, 0.15) is 37.7 Å². The van der Waals surface area contributed by atoms with Crippen LogP contribution in [0, 0.1) is 11.7 Å². The van der Waals surface area contributed by atoms with Gasteiger partial charge in [-0.25, -0.2) is 4.39 Å². The predicted octanol–water partition coefficient (Wildman–Crippen LogP) is 2.07. The van der Waals surface area contributed by atoms with Crippen molar-refractivity contribution in [2.45, 2.75) is 50.8 Å². The highest BCUT2D eigenvalue weighted by molar-refractivity contribution is 5.82. The number of carbonyl (C=O) groups excluding carboxylic acids is 1. The molecule has 2 aliphatic rings. The molecule has 1 aromatic rings. The van der Waals surface area contributed by atoms with Crippen LogP contribution in [0.2, 0.25) is 0 Å². The first-order valence-electron chi connectivity index (χ1n) is 8.58. The number of rotatable bonds is 5. The van der Waals surface area contributed by atoms with Crippen LogP contribution >= 0.6 is 0 Å². The van der Waals surface area contributed by atoms with Crippen LogP contribution in [0.15, 0.2) is 24.3 Å². The van der Waals surface area contributed by atoms with Crippen molar-refractivity contribution in [2.24, 2.45) is 5.92 Å². The van der Waals surface area contributed by atoms with Crippen molar-refractivity contribution in [3.8, 4) is 0 Å². The molecule has 5 heteroatoms. The molecule has 126 valence electrons. The molecule has 1 aromatic carbocycles. The SMILES string of the molecule is O=C(NCC1CCCC1O)C1CCCN1Cc1ccc(F)cc1. The van der Waals surface area contributed by atoms with Crippen molar-refractivity contribution in [1.29, 1.82) is 0 Å². The Morgan fingerprint density at radius 3 is 2.70 bits per heavy atom. The fourth-order valence-electron chi connectivity index (χ4n) is 3.74. The van der Waals surface area contributed by atoms with Crippen LogP contribution in [-0.2, 0) is 11.3 Å². The van der Waals surface area contributed by atoms with Crippen molar-refractivity contribution < 1.29 is 14.3 Å². The third kappa shape index (κ3) is 4.09. The average Bonchev–Trinajstić information content (AvgIpc) is 3.16. The van der Waals surface area contributed by atoms with Gasteiger partial charge in [-0.3, -0.25) is 9.69 Å². The Balaban J connectivity index is 1.53. The molecule has 1 saturated heterocycles. The number of carbonyl (C=O) groups is 1. The second kappa shape index (κ2) is 7.41. The molecular weight excluding hydrogens is 295 g/mol. The molecule has 3 atom stereocenters. The maximum absolute atomic E-state index is 13.0. The summed E-state index contributed by atoms with van der Waals surface area (Å²) in [5.41, 5.74) is 1.03. The number of aliphatic hydroxyl groups is 1. The first kappa shape index (κ1) is 16.4. The average molecular weight is 320 g/mol. The highest BCUT2D eigenvalue weighted by atomic mass is 19.1. The summed E-state index contributed by atoms with van der Waals surface area (Å²) in [6.45, 7) is 2.13. The van der Waals surface area contributed by atoms with E-state index >= 15 is 0 Å². The lowest BCUT2D eigenvalue weighted by molar-refractivity contribution is -0.125. The first-order chi connectivity index (χ1) is 11.1. The number of nitrogens with one attached hydrogen (secondary N) is 1. The minimum atomic E-state index is -0.269. The van der Waals surface area contributed by atoms with E-state index in [1.165, 1.54) is 12.1 Å². The van der Waals surface area contributed by atoms with Gasteiger partial charge in [-0.2, -0.15) is 0 Å². The zero-order valence-electron chi connectivity index (χ0n) is 13.4. The lowest BCUT2D eigenvalue weighted by Crippen LogP contribution is -2.44.